The molecule has 0 aromatic heterocycles. The van der Waals surface area contributed by atoms with Crippen molar-refractivity contribution in [3.8, 4) is 11.5 Å². The third-order valence-electron chi connectivity index (χ3n) is 2.10. The first-order valence-corrected chi connectivity index (χ1v) is 6.29. The summed E-state index contributed by atoms with van der Waals surface area (Å²) in [7, 11) is 0. The predicted molar refractivity (Wildman–Crippen MR) is 75.1 cm³/mol. The van der Waals surface area contributed by atoms with Gasteiger partial charge >= 0.3 is 0 Å². The highest BCUT2D eigenvalue weighted by Crippen LogP contribution is 2.40. The van der Waals surface area contributed by atoms with Crippen LogP contribution in [-0.4, -0.2) is 0 Å². The average molecular weight is 333 g/mol. The zero-order valence-corrected chi connectivity index (χ0v) is 11.7. The van der Waals surface area contributed by atoms with Gasteiger partial charge in [-0.15, -0.1) is 0 Å². The Kier molecular flexibility index (Phi) is 3.82. The summed E-state index contributed by atoms with van der Waals surface area (Å²) < 4.78 is 6.29. The van der Waals surface area contributed by atoms with Gasteiger partial charge in [-0.05, 0) is 52.3 Å². The zero-order chi connectivity index (χ0) is 12.4. The number of anilines is 1. The van der Waals surface area contributed by atoms with Crippen LogP contribution in [0.2, 0.25) is 10.0 Å². The first-order chi connectivity index (χ1) is 8.08. The lowest BCUT2D eigenvalue weighted by Gasteiger charge is -2.10. The van der Waals surface area contributed by atoms with Crippen LogP contribution in [-0.2, 0) is 0 Å². The monoisotopic (exact) mass is 331 g/mol. The average Bonchev–Trinajstić information content (AvgIpc) is 2.32. The maximum atomic E-state index is 6.04. The first kappa shape index (κ1) is 12.6. The number of ether oxygens (including phenoxy) is 1. The molecule has 2 rings (SSSR count). The van der Waals surface area contributed by atoms with E-state index in [9.17, 15) is 0 Å². The van der Waals surface area contributed by atoms with Gasteiger partial charge in [0.25, 0.3) is 0 Å². The lowest BCUT2D eigenvalue weighted by atomic mass is 10.3. The van der Waals surface area contributed by atoms with E-state index in [0.717, 1.165) is 0 Å². The molecule has 0 heterocycles. The Bertz CT molecular complexity index is 543. The predicted octanol–water partition coefficient (Wildman–Crippen LogP) is 5.13. The summed E-state index contributed by atoms with van der Waals surface area (Å²) in [6.07, 6.45) is 0. The van der Waals surface area contributed by atoms with Gasteiger partial charge in [-0.25, -0.2) is 0 Å². The van der Waals surface area contributed by atoms with Crippen molar-refractivity contribution in [2.24, 2.45) is 0 Å². The maximum absolute atomic E-state index is 6.04. The van der Waals surface area contributed by atoms with Gasteiger partial charge in [-0.3, -0.25) is 0 Å². The Morgan fingerprint density at radius 3 is 2.18 bits per heavy atom. The molecule has 0 aliphatic heterocycles. The van der Waals surface area contributed by atoms with Gasteiger partial charge in [0, 0.05) is 5.69 Å². The highest BCUT2D eigenvalue weighted by atomic mass is 79.9. The number of rotatable bonds is 2. The smallest absolute Gasteiger partial charge is 0.161 e. The molecule has 0 saturated carbocycles. The van der Waals surface area contributed by atoms with Crippen LogP contribution in [0.3, 0.4) is 0 Å². The van der Waals surface area contributed by atoms with Gasteiger partial charge < -0.3 is 10.5 Å². The minimum absolute atomic E-state index is 0.484. The fraction of sp³-hybridized carbons (Fsp3) is 0. The normalized spacial score (nSPS) is 10.3. The molecule has 2 aromatic carbocycles. The Morgan fingerprint density at radius 1 is 0.941 bits per heavy atom. The molecule has 2 N–H and O–H groups in total. The second kappa shape index (κ2) is 5.17. The van der Waals surface area contributed by atoms with Crippen LogP contribution in [0.4, 0.5) is 5.69 Å². The van der Waals surface area contributed by atoms with Crippen LogP contribution in [0, 0.1) is 0 Å². The fourth-order valence-corrected chi connectivity index (χ4v) is 2.14. The molecule has 88 valence electrons. The summed E-state index contributed by atoms with van der Waals surface area (Å²) in [5, 5.41) is 1.03. The molecular weight excluding hydrogens is 325 g/mol. The van der Waals surface area contributed by atoms with E-state index in [1.165, 1.54) is 0 Å². The van der Waals surface area contributed by atoms with Crippen LogP contribution < -0.4 is 10.5 Å². The molecule has 0 radical (unpaired) electrons. The quantitative estimate of drug-likeness (QED) is 0.611. The molecule has 0 aliphatic carbocycles. The molecule has 5 heteroatoms. The molecule has 0 aliphatic rings. The molecule has 17 heavy (non-hydrogen) atoms. The summed E-state index contributed by atoms with van der Waals surface area (Å²) in [5.74, 6) is 1.13. The van der Waals surface area contributed by atoms with Crippen molar-refractivity contribution in [2.45, 2.75) is 0 Å². The summed E-state index contributed by atoms with van der Waals surface area (Å²) in [5.41, 5.74) is 6.27. The molecule has 0 spiro atoms. The molecule has 0 atom stereocenters. The third-order valence-corrected chi connectivity index (χ3v) is 3.73. The van der Waals surface area contributed by atoms with Crippen molar-refractivity contribution in [3.05, 3.63) is 50.9 Å². The van der Waals surface area contributed by atoms with Crippen LogP contribution in [0.15, 0.2) is 40.9 Å². The SMILES string of the molecule is Nc1ccc(Oc2c(Cl)ccc(Cl)c2Br)cc1. The number of benzene rings is 2. The van der Waals surface area contributed by atoms with Crippen molar-refractivity contribution < 1.29 is 4.74 Å². The van der Waals surface area contributed by atoms with Gasteiger partial charge in [-0.1, -0.05) is 23.2 Å². The van der Waals surface area contributed by atoms with E-state index in [1.54, 1.807) is 36.4 Å². The van der Waals surface area contributed by atoms with E-state index in [2.05, 4.69) is 15.9 Å². The number of hydrogen-bond acceptors (Lipinski definition) is 2. The van der Waals surface area contributed by atoms with E-state index in [4.69, 9.17) is 33.7 Å². The van der Waals surface area contributed by atoms with Crippen LogP contribution in [0.1, 0.15) is 0 Å². The molecule has 0 saturated heterocycles. The van der Waals surface area contributed by atoms with Crippen LogP contribution >= 0.6 is 39.1 Å². The molecular formula is C12H8BrCl2NO. The largest absolute Gasteiger partial charge is 0.455 e. The lowest BCUT2D eigenvalue weighted by molar-refractivity contribution is 0.480. The standard InChI is InChI=1S/C12H8BrCl2NO/c13-11-9(14)5-6-10(15)12(11)17-8-3-1-7(16)2-4-8/h1-6H,16H2. The molecule has 0 amide bonds. The van der Waals surface area contributed by atoms with E-state index in [-0.39, 0.29) is 0 Å². The number of nitrogens with two attached hydrogens (primary N) is 1. The van der Waals surface area contributed by atoms with Crippen LogP contribution in [0.5, 0.6) is 11.5 Å². The Balaban J connectivity index is 2.36. The molecule has 0 fully saturated rings. The summed E-state index contributed by atoms with van der Waals surface area (Å²) in [4.78, 5) is 0. The minimum Gasteiger partial charge on any atom is -0.455 e. The van der Waals surface area contributed by atoms with Gasteiger partial charge in [0.05, 0.1) is 14.5 Å². The summed E-state index contributed by atoms with van der Waals surface area (Å²) >= 11 is 15.4. The van der Waals surface area contributed by atoms with Crippen molar-refractivity contribution in [1.82, 2.24) is 0 Å². The van der Waals surface area contributed by atoms with E-state index in [0.29, 0.717) is 31.7 Å². The van der Waals surface area contributed by atoms with Crippen molar-refractivity contribution in [2.75, 3.05) is 5.73 Å². The van der Waals surface area contributed by atoms with Crippen LogP contribution in [0.25, 0.3) is 0 Å². The van der Waals surface area contributed by atoms with Gasteiger partial charge in [0.2, 0.25) is 0 Å². The van der Waals surface area contributed by atoms with E-state index < -0.39 is 0 Å². The minimum atomic E-state index is 0.484. The first-order valence-electron chi connectivity index (χ1n) is 4.75. The van der Waals surface area contributed by atoms with Crippen molar-refractivity contribution in [1.29, 1.82) is 0 Å². The van der Waals surface area contributed by atoms with Gasteiger partial charge in [0.1, 0.15) is 5.75 Å². The number of nitrogen functional groups attached to an aromatic ring is 1. The van der Waals surface area contributed by atoms with E-state index >= 15 is 0 Å². The molecule has 0 unspecified atom stereocenters. The zero-order valence-electron chi connectivity index (χ0n) is 8.58. The highest BCUT2D eigenvalue weighted by molar-refractivity contribution is 9.10. The third kappa shape index (κ3) is 2.86. The number of hydrogen-bond donors (Lipinski definition) is 1. The Morgan fingerprint density at radius 2 is 1.53 bits per heavy atom. The van der Waals surface area contributed by atoms with Crippen molar-refractivity contribution in [3.63, 3.8) is 0 Å². The van der Waals surface area contributed by atoms with Gasteiger partial charge in [0.15, 0.2) is 5.75 Å². The summed E-state index contributed by atoms with van der Waals surface area (Å²) in [6, 6.07) is 10.4. The Labute approximate surface area is 117 Å². The second-order valence-corrected chi connectivity index (χ2v) is 4.95. The highest BCUT2D eigenvalue weighted by Gasteiger charge is 2.11. The van der Waals surface area contributed by atoms with E-state index in [1.807, 2.05) is 0 Å². The fourth-order valence-electron chi connectivity index (χ4n) is 1.26. The second-order valence-electron chi connectivity index (χ2n) is 3.34. The molecule has 0 bridgehead atoms. The Hall–Kier alpha value is -0.900. The lowest BCUT2D eigenvalue weighted by Crippen LogP contribution is -1.89. The van der Waals surface area contributed by atoms with Gasteiger partial charge in [-0.2, -0.15) is 0 Å². The molecule has 2 aromatic rings. The maximum Gasteiger partial charge on any atom is 0.161 e. The van der Waals surface area contributed by atoms with Crippen molar-refractivity contribution >= 4 is 44.8 Å². The number of halogens is 3. The topological polar surface area (TPSA) is 35.2 Å². The summed E-state index contributed by atoms with van der Waals surface area (Å²) in [6.45, 7) is 0. The molecule has 2 nitrogen and oxygen atoms in total.